The van der Waals surface area contributed by atoms with Crippen molar-refractivity contribution in [3.05, 3.63) is 59.5 Å². The van der Waals surface area contributed by atoms with E-state index in [0.717, 1.165) is 31.6 Å². The molecule has 1 aliphatic rings. The van der Waals surface area contributed by atoms with Crippen LogP contribution in [0, 0.1) is 5.82 Å². The van der Waals surface area contributed by atoms with Crippen LogP contribution in [0.2, 0.25) is 5.15 Å². The zero-order valence-electron chi connectivity index (χ0n) is 13.4. The van der Waals surface area contributed by atoms with Gasteiger partial charge in [-0.05, 0) is 37.1 Å². The summed E-state index contributed by atoms with van der Waals surface area (Å²) >= 11 is 5.99. The average molecular weight is 359 g/mol. The molecule has 3 aromatic rings. The first-order valence-corrected chi connectivity index (χ1v) is 8.53. The molecular weight excluding hydrogens is 343 g/mol. The molecule has 0 bridgehead atoms. The van der Waals surface area contributed by atoms with Crippen LogP contribution >= 0.6 is 11.6 Å². The summed E-state index contributed by atoms with van der Waals surface area (Å²) in [6.45, 7) is 1.72. The van der Waals surface area contributed by atoms with Crippen molar-refractivity contribution < 1.29 is 8.91 Å². The summed E-state index contributed by atoms with van der Waals surface area (Å²) in [7, 11) is 0. The monoisotopic (exact) mass is 358 g/mol. The first kappa shape index (κ1) is 16.0. The Bertz CT molecular complexity index is 885. The number of hydrogen-bond acceptors (Lipinski definition) is 5. The van der Waals surface area contributed by atoms with Gasteiger partial charge >= 0.3 is 0 Å². The molecular formula is C18H16ClFN4O. The van der Waals surface area contributed by atoms with E-state index in [4.69, 9.17) is 16.1 Å². The second-order valence-corrected chi connectivity index (χ2v) is 6.48. The molecule has 1 saturated heterocycles. The summed E-state index contributed by atoms with van der Waals surface area (Å²) in [6, 6.07) is 10.0. The Morgan fingerprint density at radius 2 is 2.16 bits per heavy atom. The quantitative estimate of drug-likeness (QED) is 0.653. The van der Waals surface area contributed by atoms with E-state index < -0.39 is 0 Å². The second kappa shape index (κ2) is 6.80. The molecule has 1 fully saturated rings. The minimum Gasteiger partial charge on any atom is -0.371 e. The summed E-state index contributed by atoms with van der Waals surface area (Å²) in [4.78, 5) is 10.7. The van der Waals surface area contributed by atoms with E-state index in [0.29, 0.717) is 22.4 Å². The second-order valence-electron chi connectivity index (χ2n) is 6.09. The van der Waals surface area contributed by atoms with Crippen molar-refractivity contribution in [2.45, 2.75) is 18.8 Å². The summed E-state index contributed by atoms with van der Waals surface area (Å²) < 4.78 is 18.8. The van der Waals surface area contributed by atoms with Crippen LogP contribution in [0.1, 0.15) is 24.7 Å². The first-order valence-electron chi connectivity index (χ1n) is 8.15. The van der Waals surface area contributed by atoms with Crippen LogP contribution < -0.4 is 4.90 Å². The third-order valence-electron chi connectivity index (χ3n) is 4.37. The van der Waals surface area contributed by atoms with Gasteiger partial charge in [-0.15, -0.1) is 0 Å². The maximum Gasteiger partial charge on any atom is 0.231 e. The van der Waals surface area contributed by atoms with Gasteiger partial charge in [0, 0.05) is 30.5 Å². The first-order chi connectivity index (χ1) is 12.2. The Balaban J connectivity index is 1.54. The highest BCUT2D eigenvalue weighted by molar-refractivity contribution is 6.29. The zero-order valence-corrected chi connectivity index (χ0v) is 14.2. The molecule has 2 aromatic heterocycles. The Labute approximate surface area is 149 Å². The molecule has 4 rings (SSSR count). The van der Waals surface area contributed by atoms with Gasteiger partial charge < -0.3 is 9.42 Å². The van der Waals surface area contributed by atoms with Crippen molar-refractivity contribution in [2.24, 2.45) is 0 Å². The maximum atomic E-state index is 13.4. The topological polar surface area (TPSA) is 55.1 Å². The maximum absolute atomic E-state index is 13.4. The Morgan fingerprint density at radius 1 is 1.24 bits per heavy atom. The SMILES string of the molecule is Fc1cccc(-c2noc(C3CCCN(c4ccnc(Cl)c4)C3)n2)c1. The van der Waals surface area contributed by atoms with Crippen LogP contribution in [-0.4, -0.2) is 28.2 Å². The highest BCUT2D eigenvalue weighted by atomic mass is 35.5. The minimum absolute atomic E-state index is 0.135. The van der Waals surface area contributed by atoms with Crippen molar-refractivity contribution >= 4 is 17.3 Å². The van der Waals surface area contributed by atoms with Crippen LogP contribution in [0.4, 0.5) is 10.1 Å². The summed E-state index contributed by atoms with van der Waals surface area (Å²) in [5.41, 5.74) is 1.65. The molecule has 1 aromatic carbocycles. The molecule has 1 unspecified atom stereocenters. The van der Waals surface area contributed by atoms with E-state index in [1.807, 2.05) is 12.1 Å². The van der Waals surface area contributed by atoms with Crippen molar-refractivity contribution in [3.63, 3.8) is 0 Å². The highest BCUT2D eigenvalue weighted by Gasteiger charge is 2.26. The fraction of sp³-hybridized carbons (Fsp3) is 0.278. The van der Waals surface area contributed by atoms with Gasteiger partial charge in [-0.3, -0.25) is 0 Å². The molecule has 0 N–H and O–H groups in total. The highest BCUT2D eigenvalue weighted by Crippen LogP contribution is 2.30. The molecule has 0 saturated carbocycles. The molecule has 0 spiro atoms. The molecule has 128 valence electrons. The van der Waals surface area contributed by atoms with Crippen molar-refractivity contribution in [2.75, 3.05) is 18.0 Å². The number of piperidine rings is 1. The fourth-order valence-electron chi connectivity index (χ4n) is 3.15. The molecule has 7 heteroatoms. The van der Waals surface area contributed by atoms with E-state index in [2.05, 4.69) is 20.0 Å². The largest absolute Gasteiger partial charge is 0.371 e. The number of anilines is 1. The average Bonchev–Trinajstić information content (AvgIpc) is 3.12. The molecule has 0 amide bonds. The number of hydrogen-bond donors (Lipinski definition) is 0. The normalized spacial score (nSPS) is 17.7. The lowest BCUT2D eigenvalue weighted by atomic mass is 9.97. The molecule has 25 heavy (non-hydrogen) atoms. The van der Waals surface area contributed by atoms with Gasteiger partial charge in [0.2, 0.25) is 11.7 Å². The van der Waals surface area contributed by atoms with Crippen LogP contribution in [0.25, 0.3) is 11.4 Å². The third-order valence-corrected chi connectivity index (χ3v) is 4.58. The Morgan fingerprint density at radius 3 is 3.00 bits per heavy atom. The number of nitrogens with zero attached hydrogens (tertiary/aromatic N) is 4. The van der Waals surface area contributed by atoms with Gasteiger partial charge in [0.25, 0.3) is 0 Å². The number of rotatable bonds is 3. The van der Waals surface area contributed by atoms with Crippen LogP contribution in [0.5, 0.6) is 0 Å². The van der Waals surface area contributed by atoms with E-state index >= 15 is 0 Å². The van der Waals surface area contributed by atoms with Gasteiger partial charge in [-0.25, -0.2) is 9.37 Å². The molecule has 1 atom stereocenters. The van der Waals surface area contributed by atoms with E-state index in [9.17, 15) is 4.39 Å². The van der Waals surface area contributed by atoms with Crippen LogP contribution in [0.3, 0.4) is 0 Å². The van der Waals surface area contributed by atoms with Gasteiger partial charge in [0.15, 0.2) is 0 Å². The molecule has 5 nitrogen and oxygen atoms in total. The lowest BCUT2D eigenvalue weighted by Crippen LogP contribution is -2.34. The van der Waals surface area contributed by atoms with Crippen LogP contribution in [0.15, 0.2) is 47.1 Å². The predicted molar refractivity (Wildman–Crippen MR) is 93.1 cm³/mol. The smallest absolute Gasteiger partial charge is 0.231 e. The van der Waals surface area contributed by atoms with Gasteiger partial charge in [-0.1, -0.05) is 28.9 Å². The lowest BCUT2D eigenvalue weighted by Gasteiger charge is -2.32. The van der Waals surface area contributed by atoms with E-state index in [1.54, 1.807) is 18.3 Å². The van der Waals surface area contributed by atoms with Crippen molar-refractivity contribution in [1.82, 2.24) is 15.1 Å². The van der Waals surface area contributed by atoms with Gasteiger partial charge in [-0.2, -0.15) is 4.98 Å². The summed E-state index contributed by atoms with van der Waals surface area (Å²) in [6.07, 6.45) is 3.69. The van der Waals surface area contributed by atoms with Gasteiger partial charge in [0.1, 0.15) is 11.0 Å². The van der Waals surface area contributed by atoms with Gasteiger partial charge in [0.05, 0.1) is 5.92 Å². The molecule has 3 heterocycles. The number of halogens is 2. The minimum atomic E-state index is -0.317. The van der Waals surface area contributed by atoms with Crippen LogP contribution in [-0.2, 0) is 0 Å². The van der Waals surface area contributed by atoms with E-state index in [1.165, 1.54) is 12.1 Å². The molecule has 1 aliphatic heterocycles. The molecule has 0 radical (unpaired) electrons. The van der Waals surface area contributed by atoms with Crippen molar-refractivity contribution in [1.29, 1.82) is 0 Å². The number of pyridine rings is 1. The fourth-order valence-corrected chi connectivity index (χ4v) is 3.32. The third kappa shape index (κ3) is 3.49. The number of aromatic nitrogens is 3. The Hall–Kier alpha value is -2.47. The van der Waals surface area contributed by atoms with E-state index in [-0.39, 0.29) is 11.7 Å². The zero-order chi connectivity index (χ0) is 17.2. The summed E-state index contributed by atoms with van der Waals surface area (Å²) in [5.74, 6) is 0.820. The standard InChI is InChI=1S/C18H16ClFN4O/c19-16-10-15(6-7-21-16)24-8-2-4-13(11-24)18-22-17(23-25-18)12-3-1-5-14(20)9-12/h1,3,5-7,9-10,13H,2,4,8,11H2. The molecule has 0 aliphatic carbocycles. The Kier molecular flexibility index (Phi) is 4.36. The predicted octanol–water partition coefficient (Wildman–Crippen LogP) is 4.31. The lowest BCUT2D eigenvalue weighted by molar-refractivity contribution is 0.333. The van der Waals surface area contributed by atoms with Crippen molar-refractivity contribution in [3.8, 4) is 11.4 Å². The summed E-state index contributed by atoms with van der Waals surface area (Å²) in [5, 5.41) is 4.49. The number of benzene rings is 1.